The molecule has 222 valence electrons. The van der Waals surface area contributed by atoms with Gasteiger partial charge >= 0.3 is 0 Å². The molecule has 2 atom stereocenters. The topological polar surface area (TPSA) is 148 Å². The smallest absolute Gasteiger partial charge is 0.250 e. The predicted molar refractivity (Wildman–Crippen MR) is 156 cm³/mol. The Kier molecular flexibility index (Phi) is 9.15. The second-order valence-electron chi connectivity index (χ2n) is 10.0. The van der Waals surface area contributed by atoms with E-state index >= 15 is 0 Å². The SMILES string of the molecule is CCOc1cc([C@@H](Nc2cccc(C(N)=O)c2)C(=O)N2CCC[C@@H]2c2cc(NC(C)=O)ccc2S(C)(=O)=O)ccc1F. The summed E-state index contributed by atoms with van der Waals surface area (Å²) in [5.74, 6) is -1.99. The Morgan fingerprint density at radius 3 is 2.52 bits per heavy atom. The van der Waals surface area contributed by atoms with E-state index in [4.69, 9.17) is 10.5 Å². The highest BCUT2D eigenvalue weighted by Gasteiger charge is 2.37. The second kappa shape index (κ2) is 12.6. The van der Waals surface area contributed by atoms with Gasteiger partial charge in [0.25, 0.3) is 0 Å². The van der Waals surface area contributed by atoms with Crippen LogP contribution in [0.1, 0.15) is 60.3 Å². The van der Waals surface area contributed by atoms with Crippen molar-refractivity contribution >= 4 is 38.9 Å². The maximum Gasteiger partial charge on any atom is 0.250 e. The van der Waals surface area contributed by atoms with E-state index in [2.05, 4.69) is 10.6 Å². The number of primary amides is 1. The average molecular weight is 597 g/mol. The van der Waals surface area contributed by atoms with E-state index in [-0.39, 0.29) is 28.7 Å². The van der Waals surface area contributed by atoms with Crippen LogP contribution in [0.15, 0.2) is 65.6 Å². The zero-order chi connectivity index (χ0) is 30.6. The van der Waals surface area contributed by atoms with E-state index in [0.29, 0.717) is 41.9 Å². The van der Waals surface area contributed by atoms with Gasteiger partial charge in [0.05, 0.1) is 17.5 Å². The van der Waals surface area contributed by atoms with E-state index in [1.54, 1.807) is 36.1 Å². The van der Waals surface area contributed by atoms with Crippen molar-refractivity contribution in [2.45, 2.75) is 43.7 Å². The van der Waals surface area contributed by atoms with Gasteiger partial charge in [0.2, 0.25) is 17.7 Å². The number of halogens is 1. The van der Waals surface area contributed by atoms with Gasteiger partial charge in [-0.3, -0.25) is 14.4 Å². The molecule has 3 aromatic rings. The van der Waals surface area contributed by atoms with Gasteiger partial charge in [0.15, 0.2) is 21.4 Å². The fourth-order valence-electron chi connectivity index (χ4n) is 5.13. The molecule has 1 fully saturated rings. The first-order chi connectivity index (χ1) is 19.9. The summed E-state index contributed by atoms with van der Waals surface area (Å²) in [6.07, 6.45) is 2.17. The number of carbonyl (C=O) groups is 3. The number of amides is 3. The standard InChI is InChI=1S/C30H33FN4O6S/c1-4-41-26-16-19(10-12-24(26)31)28(34-21-8-5-7-20(15-21)29(32)37)30(38)35-14-6-9-25(35)23-17-22(33-18(2)36)11-13-27(23)42(3,39)40/h5,7-8,10-13,15-17,25,28,34H,4,6,9,14H2,1-3H3,(H2,32,37)(H,33,36)/t25-,28-/m1/s1. The molecule has 1 heterocycles. The first kappa shape index (κ1) is 30.5. The molecule has 0 spiro atoms. The fraction of sp³-hybridized carbons (Fsp3) is 0.300. The largest absolute Gasteiger partial charge is 0.491 e. The predicted octanol–water partition coefficient (Wildman–Crippen LogP) is 4.20. The number of hydrogen-bond donors (Lipinski definition) is 3. The number of sulfone groups is 1. The van der Waals surface area contributed by atoms with Crippen molar-refractivity contribution in [3.8, 4) is 5.75 Å². The number of carbonyl (C=O) groups excluding carboxylic acids is 3. The first-order valence-corrected chi connectivity index (χ1v) is 15.3. The van der Waals surface area contributed by atoms with E-state index < -0.39 is 39.6 Å². The lowest BCUT2D eigenvalue weighted by Crippen LogP contribution is -2.38. The molecule has 0 saturated carbocycles. The summed E-state index contributed by atoms with van der Waals surface area (Å²) >= 11 is 0. The highest BCUT2D eigenvalue weighted by molar-refractivity contribution is 7.90. The molecule has 3 aromatic carbocycles. The van der Waals surface area contributed by atoms with E-state index in [0.717, 1.165) is 6.26 Å². The van der Waals surface area contributed by atoms with Gasteiger partial charge in [0, 0.05) is 36.7 Å². The highest BCUT2D eigenvalue weighted by atomic mass is 32.2. The van der Waals surface area contributed by atoms with Gasteiger partial charge < -0.3 is 26.0 Å². The first-order valence-electron chi connectivity index (χ1n) is 13.4. The molecule has 0 aliphatic carbocycles. The van der Waals surface area contributed by atoms with E-state index in [1.165, 1.54) is 43.3 Å². The minimum atomic E-state index is -3.68. The van der Waals surface area contributed by atoms with Crippen molar-refractivity contribution in [3.63, 3.8) is 0 Å². The number of likely N-dealkylation sites (tertiary alicyclic amines) is 1. The summed E-state index contributed by atoms with van der Waals surface area (Å²) in [6.45, 7) is 3.60. The molecule has 0 aromatic heterocycles. The number of benzene rings is 3. The number of hydrogen-bond acceptors (Lipinski definition) is 7. The third-order valence-electron chi connectivity index (χ3n) is 6.92. The zero-order valence-corrected chi connectivity index (χ0v) is 24.3. The number of nitrogens with one attached hydrogen (secondary N) is 2. The van der Waals surface area contributed by atoms with Crippen molar-refractivity contribution < 1.29 is 31.9 Å². The van der Waals surface area contributed by atoms with Crippen molar-refractivity contribution in [1.29, 1.82) is 0 Å². The summed E-state index contributed by atoms with van der Waals surface area (Å²) in [5.41, 5.74) is 7.29. The van der Waals surface area contributed by atoms with Crippen LogP contribution in [0.25, 0.3) is 0 Å². The summed E-state index contributed by atoms with van der Waals surface area (Å²) in [4.78, 5) is 39.5. The van der Waals surface area contributed by atoms with Crippen LogP contribution in [0.3, 0.4) is 0 Å². The number of rotatable bonds is 10. The van der Waals surface area contributed by atoms with Crippen molar-refractivity contribution in [2.24, 2.45) is 5.73 Å². The average Bonchev–Trinajstić information content (AvgIpc) is 3.42. The maximum absolute atomic E-state index is 14.5. The minimum Gasteiger partial charge on any atom is -0.491 e. The molecule has 1 saturated heterocycles. The van der Waals surface area contributed by atoms with Gasteiger partial charge in [-0.25, -0.2) is 12.8 Å². The van der Waals surface area contributed by atoms with Crippen LogP contribution >= 0.6 is 0 Å². The minimum absolute atomic E-state index is 0.0270. The lowest BCUT2D eigenvalue weighted by atomic mass is 10.0. The molecule has 1 aliphatic rings. The van der Waals surface area contributed by atoms with Crippen LogP contribution < -0.4 is 21.1 Å². The summed E-state index contributed by atoms with van der Waals surface area (Å²) in [5, 5.41) is 5.83. The molecule has 1 aliphatic heterocycles. The van der Waals surface area contributed by atoms with Gasteiger partial charge in [-0.2, -0.15) is 0 Å². The highest BCUT2D eigenvalue weighted by Crippen LogP contribution is 2.39. The number of nitrogens with two attached hydrogens (primary N) is 1. The Balaban J connectivity index is 1.80. The molecule has 0 unspecified atom stereocenters. The summed E-state index contributed by atoms with van der Waals surface area (Å²) in [7, 11) is -3.68. The molecule has 10 nitrogen and oxygen atoms in total. The molecule has 12 heteroatoms. The number of ether oxygens (including phenoxy) is 1. The van der Waals surface area contributed by atoms with Crippen LogP contribution in [0.4, 0.5) is 15.8 Å². The second-order valence-corrected chi connectivity index (χ2v) is 12.0. The van der Waals surface area contributed by atoms with Crippen molar-refractivity contribution in [3.05, 3.63) is 83.2 Å². The molecule has 0 radical (unpaired) electrons. The lowest BCUT2D eigenvalue weighted by molar-refractivity contribution is -0.133. The van der Waals surface area contributed by atoms with Crippen LogP contribution in [0, 0.1) is 5.82 Å². The normalized spacial score (nSPS) is 15.6. The van der Waals surface area contributed by atoms with Crippen molar-refractivity contribution in [1.82, 2.24) is 4.90 Å². The zero-order valence-electron chi connectivity index (χ0n) is 23.5. The third kappa shape index (κ3) is 6.88. The molecule has 4 rings (SSSR count). The van der Waals surface area contributed by atoms with Gasteiger partial charge in [-0.1, -0.05) is 12.1 Å². The molecular weight excluding hydrogens is 563 g/mol. The van der Waals surface area contributed by atoms with Crippen LogP contribution in [-0.4, -0.2) is 50.4 Å². The van der Waals surface area contributed by atoms with Gasteiger partial charge in [-0.15, -0.1) is 0 Å². The Bertz CT molecular complexity index is 1630. The molecule has 4 N–H and O–H groups in total. The van der Waals surface area contributed by atoms with Gasteiger partial charge in [0.1, 0.15) is 6.04 Å². The summed E-state index contributed by atoms with van der Waals surface area (Å²) in [6, 6.07) is 13.3. The van der Waals surface area contributed by atoms with E-state index in [9.17, 15) is 27.2 Å². The Morgan fingerprint density at radius 1 is 1.10 bits per heavy atom. The molecular formula is C30H33FN4O6S. The number of anilines is 2. The fourth-order valence-corrected chi connectivity index (χ4v) is 6.07. The Labute approximate surface area is 244 Å². The van der Waals surface area contributed by atoms with Crippen LogP contribution in [0.2, 0.25) is 0 Å². The quantitative estimate of drug-likeness (QED) is 0.318. The molecule has 3 amide bonds. The van der Waals surface area contributed by atoms with Crippen LogP contribution in [0.5, 0.6) is 5.75 Å². The Morgan fingerprint density at radius 2 is 1.86 bits per heavy atom. The Hall–Kier alpha value is -4.45. The van der Waals surface area contributed by atoms with Gasteiger partial charge in [-0.05, 0) is 79.4 Å². The van der Waals surface area contributed by atoms with Crippen LogP contribution in [-0.2, 0) is 19.4 Å². The monoisotopic (exact) mass is 596 g/mol. The number of nitrogens with zero attached hydrogens (tertiary/aromatic N) is 1. The molecule has 42 heavy (non-hydrogen) atoms. The lowest BCUT2D eigenvalue weighted by Gasteiger charge is -2.31. The van der Waals surface area contributed by atoms with E-state index in [1.807, 2.05) is 0 Å². The third-order valence-corrected chi connectivity index (χ3v) is 8.09. The maximum atomic E-state index is 14.5. The molecule has 0 bridgehead atoms. The van der Waals surface area contributed by atoms with Crippen molar-refractivity contribution in [2.75, 3.05) is 30.0 Å². The summed E-state index contributed by atoms with van der Waals surface area (Å²) < 4.78 is 45.4.